The van der Waals surface area contributed by atoms with Gasteiger partial charge >= 0.3 is 0 Å². The summed E-state index contributed by atoms with van der Waals surface area (Å²) in [5.74, 6) is 1.08. The van der Waals surface area contributed by atoms with Crippen LogP contribution in [0.5, 0.6) is 0 Å². The lowest BCUT2D eigenvalue weighted by molar-refractivity contribution is 0.156. The third-order valence-corrected chi connectivity index (χ3v) is 7.79. The zero-order chi connectivity index (χ0) is 17.9. The molecule has 150 valence electrons. The molecule has 3 aliphatic rings. The Bertz CT molecular complexity index is 628. The number of hydrogen-bond acceptors (Lipinski definition) is 3. The number of guanidine groups is 1. The van der Waals surface area contributed by atoms with Gasteiger partial charge in [0.25, 0.3) is 0 Å². The van der Waals surface area contributed by atoms with Crippen LogP contribution in [0.25, 0.3) is 0 Å². The molecular weight excluding hydrogens is 469 g/mol. The summed E-state index contributed by atoms with van der Waals surface area (Å²) < 4.78 is 5.97. The maximum atomic E-state index is 5.68. The molecule has 3 fully saturated rings. The van der Waals surface area contributed by atoms with Gasteiger partial charge in [-0.2, -0.15) is 0 Å². The zero-order valence-corrected chi connectivity index (χ0v) is 19.4. The maximum absolute atomic E-state index is 5.68. The predicted octanol–water partition coefficient (Wildman–Crippen LogP) is 4.40. The van der Waals surface area contributed by atoms with Crippen molar-refractivity contribution in [1.29, 1.82) is 0 Å². The number of thioether (sulfide) groups is 1. The maximum Gasteiger partial charge on any atom is 0.193 e. The zero-order valence-electron chi connectivity index (χ0n) is 16.3. The van der Waals surface area contributed by atoms with Gasteiger partial charge in [-0.15, -0.1) is 35.7 Å². The van der Waals surface area contributed by atoms with Crippen molar-refractivity contribution in [3.63, 3.8) is 0 Å². The SMILES string of the molecule is CN=C(NCC1(Sc2ccccc2)CCCC1)N1CCC2(CCOC2)C1.I. The monoisotopic (exact) mass is 501 g/mol. The summed E-state index contributed by atoms with van der Waals surface area (Å²) in [5, 5.41) is 3.74. The van der Waals surface area contributed by atoms with Gasteiger partial charge in [0.15, 0.2) is 5.96 Å². The smallest absolute Gasteiger partial charge is 0.193 e. The van der Waals surface area contributed by atoms with E-state index >= 15 is 0 Å². The van der Waals surface area contributed by atoms with Gasteiger partial charge in [0.1, 0.15) is 0 Å². The fourth-order valence-corrected chi connectivity index (χ4v) is 6.16. The minimum absolute atomic E-state index is 0. The van der Waals surface area contributed by atoms with E-state index in [0.29, 0.717) is 10.2 Å². The van der Waals surface area contributed by atoms with Crippen LogP contribution in [0, 0.1) is 5.41 Å². The highest BCUT2D eigenvalue weighted by Crippen LogP contribution is 2.45. The summed E-state index contributed by atoms with van der Waals surface area (Å²) in [4.78, 5) is 8.44. The average molecular weight is 501 g/mol. The molecule has 6 heteroatoms. The normalized spacial score (nSPS) is 27.1. The summed E-state index contributed by atoms with van der Waals surface area (Å²) in [5.41, 5.74) is 0.376. The van der Waals surface area contributed by atoms with Crippen molar-refractivity contribution in [2.75, 3.05) is 39.9 Å². The van der Waals surface area contributed by atoms with E-state index in [9.17, 15) is 0 Å². The largest absolute Gasteiger partial charge is 0.381 e. The predicted molar refractivity (Wildman–Crippen MR) is 124 cm³/mol. The Labute approximate surface area is 184 Å². The number of ether oxygens (including phenoxy) is 1. The van der Waals surface area contributed by atoms with E-state index in [2.05, 4.69) is 57.3 Å². The molecule has 4 rings (SSSR count). The number of rotatable bonds is 4. The lowest BCUT2D eigenvalue weighted by Gasteiger charge is -2.32. The molecule has 2 saturated heterocycles. The van der Waals surface area contributed by atoms with Gasteiger partial charge in [0, 0.05) is 48.3 Å². The van der Waals surface area contributed by atoms with Gasteiger partial charge in [0.05, 0.1) is 6.61 Å². The molecule has 1 spiro atoms. The third kappa shape index (κ3) is 4.93. The first-order chi connectivity index (χ1) is 12.7. The molecule has 1 N–H and O–H groups in total. The second-order valence-electron chi connectivity index (χ2n) is 8.18. The van der Waals surface area contributed by atoms with E-state index < -0.39 is 0 Å². The summed E-state index contributed by atoms with van der Waals surface area (Å²) in [6, 6.07) is 10.9. The first kappa shape index (κ1) is 21.2. The van der Waals surface area contributed by atoms with Crippen molar-refractivity contribution in [3.8, 4) is 0 Å². The number of halogens is 1. The van der Waals surface area contributed by atoms with Crippen molar-refractivity contribution in [3.05, 3.63) is 30.3 Å². The molecular formula is C21H32IN3OS. The number of nitrogens with zero attached hydrogens (tertiary/aromatic N) is 2. The Morgan fingerprint density at radius 2 is 1.96 bits per heavy atom. The van der Waals surface area contributed by atoms with Gasteiger partial charge in [-0.05, 0) is 37.8 Å². The molecule has 0 aromatic heterocycles. The first-order valence-corrected chi connectivity index (χ1v) is 10.8. The highest BCUT2D eigenvalue weighted by molar-refractivity contribution is 14.0. The van der Waals surface area contributed by atoms with Crippen LogP contribution in [0.15, 0.2) is 40.2 Å². The van der Waals surface area contributed by atoms with Crippen LogP contribution in [0.4, 0.5) is 0 Å². The van der Waals surface area contributed by atoms with E-state index in [0.717, 1.165) is 38.8 Å². The van der Waals surface area contributed by atoms with Crippen LogP contribution in [0.2, 0.25) is 0 Å². The van der Waals surface area contributed by atoms with Crippen LogP contribution in [-0.4, -0.2) is 55.5 Å². The Hall–Kier alpha value is -0.470. The van der Waals surface area contributed by atoms with Crippen LogP contribution in [-0.2, 0) is 4.74 Å². The third-order valence-electron chi connectivity index (χ3n) is 6.30. The molecule has 1 aromatic rings. The minimum atomic E-state index is 0. The molecule has 0 bridgehead atoms. The standard InChI is InChI=1S/C21H31N3OS.HI/c1-22-19(24-13-11-20(16-24)12-14-25-17-20)23-15-21(9-5-6-10-21)26-18-7-3-2-4-8-18;/h2-4,7-8H,5-6,9-17H2,1H3,(H,22,23);1H. The molecule has 1 aromatic carbocycles. The van der Waals surface area contributed by atoms with Crippen LogP contribution in [0.3, 0.4) is 0 Å². The van der Waals surface area contributed by atoms with Crippen LogP contribution in [0.1, 0.15) is 38.5 Å². The van der Waals surface area contributed by atoms with Gasteiger partial charge in [-0.25, -0.2) is 0 Å². The molecule has 1 atom stereocenters. The quantitative estimate of drug-likeness (QED) is 0.377. The second kappa shape index (κ2) is 9.35. The number of benzene rings is 1. The number of likely N-dealkylation sites (tertiary alicyclic amines) is 1. The fourth-order valence-electron chi connectivity index (χ4n) is 4.73. The van der Waals surface area contributed by atoms with Crippen molar-refractivity contribution in [2.45, 2.75) is 48.2 Å². The molecule has 0 radical (unpaired) electrons. The van der Waals surface area contributed by atoms with E-state index in [1.165, 1.54) is 43.4 Å². The molecule has 4 nitrogen and oxygen atoms in total. The average Bonchev–Trinajstić information content (AvgIpc) is 3.40. The van der Waals surface area contributed by atoms with E-state index in [1.807, 2.05) is 7.05 Å². The lowest BCUT2D eigenvalue weighted by atomic mass is 9.87. The van der Waals surface area contributed by atoms with E-state index in [1.54, 1.807) is 0 Å². The van der Waals surface area contributed by atoms with Crippen LogP contribution >= 0.6 is 35.7 Å². The highest BCUT2D eigenvalue weighted by atomic mass is 127. The fraction of sp³-hybridized carbons (Fsp3) is 0.667. The summed E-state index contributed by atoms with van der Waals surface area (Å²) in [7, 11) is 1.92. The second-order valence-corrected chi connectivity index (χ2v) is 9.72. The van der Waals surface area contributed by atoms with Crippen molar-refractivity contribution >= 4 is 41.7 Å². The lowest BCUT2D eigenvalue weighted by Crippen LogP contribution is -2.46. The minimum Gasteiger partial charge on any atom is -0.381 e. The molecule has 0 amide bonds. The van der Waals surface area contributed by atoms with Gasteiger partial charge in [-0.3, -0.25) is 4.99 Å². The van der Waals surface area contributed by atoms with Crippen LogP contribution < -0.4 is 5.32 Å². The van der Waals surface area contributed by atoms with Crippen molar-refractivity contribution in [1.82, 2.24) is 10.2 Å². The highest BCUT2D eigenvalue weighted by Gasteiger charge is 2.42. The molecule has 1 aliphatic carbocycles. The number of nitrogens with one attached hydrogen (secondary N) is 1. The topological polar surface area (TPSA) is 36.9 Å². The summed E-state index contributed by atoms with van der Waals surface area (Å²) in [6.45, 7) is 5.04. The molecule has 2 aliphatic heterocycles. The Kier molecular flexibility index (Phi) is 7.36. The van der Waals surface area contributed by atoms with Crippen molar-refractivity contribution < 1.29 is 4.74 Å². The first-order valence-electron chi connectivity index (χ1n) is 10.0. The Balaban J connectivity index is 0.00000210. The van der Waals surface area contributed by atoms with E-state index in [4.69, 9.17) is 4.74 Å². The van der Waals surface area contributed by atoms with Crippen molar-refractivity contribution in [2.24, 2.45) is 10.4 Å². The Morgan fingerprint density at radius 1 is 1.19 bits per heavy atom. The molecule has 27 heavy (non-hydrogen) atoms. The van der Waals surface area contributed by atoms with E-state index in [-0.39, 0.29) is 24.0 Å². The Morgan fingerprint density at radius 3 is 2.63 bits per heavy atom. The number of hydrogen-bond donors (Lipinski definition) is 1. The summed E-state index contributed by atoms with van der Waals surface area (Å²) >= 11 is 2.06. The molecule has 1 unspecified atom stereocenters. The van der Waals surface area contributed by atoms with Gasteiger partial charge in [0.2, 0.25) is 0 Å². The molecule has 2 heterocycles. The van der Waals surface area contributed by atoms with Gasteiger partial charge in [-0.1, -0.05) is 31.0 Å². The van der Waals surface area contributed by atoms with Gasteiger partial charge < -0.3 is 15.0 Å². The summed E-state index contributed by atoms with van der Waals surface area (Å²) in [6.07, 6.45) is 7.68. The number of aliphatic imine (C=N–C) groups is 1. The molecule has 1 saturated carbocycles.